The van der Waals surface area contributed by atoms with Gasteiger partial charge in [0, 0.05) is 17.3 Å². The summed E-state index contributed by atoms with van der Waals surface area (Å²) in [5.41, 5.74) is 11.6. The largest absolute Gasteiger partial charge is 0.324 e. The Morgan fingerprint density at radius 3 is 2.53 bits per heavy atom. The molecule has 3 aromatic rings. The topological polar surface area (TPSA) is 62.7 Å². The zero-order valence-corrected chi connectivity index (χ0v) is 20.2. The fourth-order valence-electron chi connectivity index (χ4n) is 3.64. The molecular formula is C30H34FN3. The van der Waals surface area contributed by atoms with Gasteiger partial charge in [0.25, 0.3) is 0 Å². The van der Waals surface area contributed by atoms with Gasteiger partial charge in [0.15, 0.2) is 0 Å². The predicted octanol–water partition coefficient (Wildman–Crippen LogP) is 7.27. The van der Waals surface area contributed by atoms with Crippen LogP contribution < -0.4 is 5.73 Å². The van der Waals surface area contributed by atoms with Crippen molar-refractivity contribution in [1.29, 1.82) is 5.26 Å². The Hall–Kier alpha value is -3.55. The van der Waals surface area contributed by atoms with E-state index in [-0.39, 0.29) is 11.9 Å². The van der Waals surface area contributed by atoms with Crippen LogP contribution in [-0.2, 0) is 12.8 Å². The molecule has 0 spiro atoms. The fourth-order valence-corrected chi connectivity index (χ4v) is 3.64. The molecule has 0 saturated heterocycles. The molecule has 3 rings (SSSR count). The van der Waals surface area contributed by atoms with Crippen LogP contribution in [0.15, 0.2) is 79.9 Å². The van der Waals surface area contributed by atoms with Gasteiger partial charge in [-0.2, -0.15) is 5.26 Å². The van der Waals surface area contributed by atoms with Crippen molar-refractivity contribution in [2.75, 3.05) is 0 Å². The number of nitriles is 1. The van der Waals surface area contributed by atoms with Gasteiger partial charge in [0.05, 0.1) is 17.3 Å². The molecule has 0 amide bonds. The smallest absolute Gasteiger partial charge is 0.123 e. The second-order valence-electron chi connectivity index (χ2n) is 8.30. The predicted molar refractivity (Wildman–Crippen MR) is 141 cm³/mol. The van der Waals surface area contributed by atoms with E-state index in [1.54, 1.807) is 24.3 Å². The highest BCUT2D eigenvalue weighted by atomic mass is 19.1. The van der Waals surface area contributed by atoms with Gasteiger partial charge < -0.3 is 5.73 Å². The number of aryl methyl sites for hydroxylation is 2. The first-order valence-electron chi connectivity index (χ1n) is 11.7. The second kappa shape index (κ2) is 13.9. The van der Waals surface area contributed by atoms with Crippen LogP contribution in [0.3, 0.4) is 0 Å². The van der Waals surface area contributed by atoms with E-state index in [9.17, 15) is 9.65 Å². The molecule has 1 heterocycles. The molecule has 4 heteroatoms. The maximum Gasteiger partial charge on any atom is 0.123 e. The Bertz CT molecular complexity index is 1140. The highest BCUT2D eigenvalue weighted by Gasteiger charge is 2.11. The van der Waals surface area contributed by atoms with Gasteiger partial charge in [0.2, 0.25) is 0 Å². The first-order valence-corrected chi connectivity index (χ1v) is 11.7. The lowest BCUT2D eigenvalue weighted by atomic mass is 9.98. The number of halogens is 1. The van der Waals surface area contributed by atoms with Gasteiger partial charge in [-0.25, -0.2) is 4.39 Å². The van der Waals surface area contributed by atoms with Gasteiger partial charge in [-0.1, -0.05) is 62.4 Å². The average molecular weight is 456 g/mol. The number of allylic oxidation sites excluding steroid dienone is 1. The summed E-state index contributed by atoms with van der Waals surface area (Å²) in [6.45, 7) is 11.7. The minimum Gasteiger partial charge on any atom is -0.324 e. The summed E-state index contributed by atoms with van der Waals surface area (Å²) >= 11 is 0. The molecule has 3 nitrogen and oxygen atoms in total. The van der Waals surface area contributed by atoms with Crippen LogP contribution in [0, 0.1) is 17.1 Å². The van der Waals surface area contributed by atoms with Crippen LogP contribution in [0.25, 0.3) is 16.8 Å². The van der Waals surface area contributed by atoms with Gasteiger partial charge in [-0.15, -0.1) is 6.58 Å². The minimum absolute atomic E-state index is 0.205. The summed E-state index contributed by atoms with van der Waals surface area (Å²) in [4.78, 5) is 4.84. The van der Waals surface area contributed by atoms with E-state index in [4.69, 9.17) is 10.7 Å². The van der Waals surface area contributed by atoms with Crippen molar-refractivity contribution in [3.8, 4) is 17.3 Å². The first kappa shape index (κ1) is 26.7. The summed E-state index contributed by atoms with van der Waals surface area (Å²) in [5.74, 6) is -0.205. The zero-order chi connectivity index (χ0) is 24.9. The van der Waals surface area contributed by atoms with E-state index in [2.05, 4.69) is 26.2 Å². The van der Waals surface area contributed by atoms with Gasteiger partial charge in [0.1, 0.15) is 5.82 Å². The number of pyridine rings is 1. The number of nitrogens with zero attached hydrogens (tertiary/aromatic N) is 2. The van der Waals surface area contributed by atoms with Crippen LogP contribution in [0.2, 0.25) is 0 Å². The van der Waals surface area contributed by atoms with Gasteiger partial charge in [-0.3, -0.25) is 4.98 Å². The van der Waals surface area contributed by atoms with E-state index in [1.165, 1.54) is 6.07 Å². The van der Waals surface area contributed by atoms with Gasteiger partial charge in [-0.05, 0) is 73.6 Å². The Morgan fingerprint density at radius 2 is 1.91 bits per heavy atom. The SMILES string of the molecule is C=C(C)c1ccc(-c2ccccc2C#N)nc1CCCc1cccc(F)c1.C=CC(N)CCC. The maximum absolute atomic E-state index is 13.3. The molecule has 0 radical (unpaired) electrons. The number of hydrogen-bond acceptors (Lipinski definition) is 3. The molecular weight excluding hydrogens is 421 g/mol. The van der Waals surface area contributed by atoms with Crippen molar-refractivity contribution in [2.45, 2.75) is 52.0 Å². The Kier molecular flexibility index (Phi) is 10.9. The number of nitrogens with two attached hydrogens (primary N) is 1. The number of aromatic nitrogens is 1. The molecule has 0 bridgehead atoms. The van der Waals surface area contributed by atoms with E-state index >= 15 is 0 Å². The van der Waals surface area contributed by atoms with Crippen molar-refractivity contribution in [3.05, 3.63) is 108 Å². The zero-order valence-electron chi connectivity index (χ0n) is 20.2. The lowest BCUT2D eigenvalue weighted by molar-refractivity contribution is 0.624. The van der Waals surface area contributed by atoms with Crippen LogP contribution in [0.1, 0.15) is 55.5 Å². The van der Waals surface area contributed by atoms with E-state index in [1.807, 2.05) is 43.3 Å². The minimum atomic E-state index is -0.205. The number of rotatable bonds is 9. The van der Waals surface area contributed by atoms with Crippen molar-refractivity contribution in [3.63, 3.8) is 0 Å². The van der Waals surface area contributed by atoms with Crippen LogP contribution in [-0.4, -0.2) is 11.0 Å². The quantitative estimate of drug-likeness (QED) is 0.345. The lowest BCUT2D eigenvalue weighted by Gasteiger charge is -2.12. The Labute approximate surface area is 203 Å². The molecule has 176 valence electrons. The Morgan fingerprint density at radius 1 is 1.15 bits per heavy atom. The normalized spacial score (nSPS) is 11.0. The average Bonchev–Trinajstić information content (AvgIpc) is 2.84. The molecule has 2 aromatic carbocycles. The molecule has 0 fully saturated rings. The van der Waals surface area contributed by atoms with Crippen LogP contribution in [0.4, 0.5) is 4.39 Å². The molecule has 1 unspecified atom stereocenters. The molecule has 1 aromatic heterocycles. The van der Waals surface area contributed by atoms with Gasteiger partial charge >= 0.3 is 0 Å². The third-order valence-electron chi connectivity index (χ3n) is 5.45. The van der Waals surface area contributed by atoms with Crippen molar-refractivity contribution >= 4 is 5.57 Å². The summed E-state index contributed by atoms with van der Waals surface area (Å²) in [5, 5.41) is 9.36. The highest BCUT2D eigenvalue weighted by Crippen LogP contribution is 2.26. The van der Waals surface area contributed by atoms with Crippen molar-refractivity contribution < 1.29 is 4.39 Å². The van der Waals surface area contributed by atoms with Crippen molar-refractivity contribution in [2.24, 2.45) is 5.73 Å². The third-order valence-corrected chi connectivity index (χ3v) is 5.45. The van der Waals surface area contributed by atoms with Crippen LogP contribution >= 0.6 is 0 Å². The molecule has 1 atom stereocenters. The molecule has 34 heavy (non-hydrogen) atoms. The van der Waals surface area contributed by atoms with Crippen molar-refractivity contribution in [1.82, 2.24) is 4.98 Å². The molecule has 0 aliphatic rings. The summed E-state index contributed by atoms with van der Waals surface area (Å²) in [7, 11) is 0. The second-order valence-corrected chi connectivity index (χ2v) is 8.30. The monoisotopic (exact) mass is 455 g/mol. The van der Waals surface area contributed by atoms with E-state index < -0.39 is 0 Å². The standard InChI is InChI=1S/C24H21FN2.C6H13N/c1-17(2)21-13-14-24(22-11-4-3-9-19(22)16-26)27-23(21)12-6-8-18-7-5-10-20(25)15-18;1-3-5-6(7)4-2/h3-5,7,9-11,13-15H,1,6,8,12H2,2H3;4,6H,2-3,5,7H2,1H3. The maximum atomic E-state index is 13.3. The first-order chi connectivity index (χ1) is 16.4. The molecule has 0 saturated carbocycles. The van der Waals surface area contributed by atoms with E-state index in [0.29, 0.717) is 5.56 Å². The Balaban J connectivity index is 0.000000509. The molecule has 0 aliphatic carbocycles. The lowest BCUT2D eigenvalue weighted by Crippen LogP contribution is -2.14. The summed E-state index contributed by atoms with van der Waals surface area (Å²) < 4.78 is 13.3. The third kappa shape index (κ3) is 8.10. The van der Waals surface area contributed by atoms with E-state index in [0.717, 1.165) is 65.8 Å². The summed E-state index contributed by atoms with van der Waals surface area (Å²) in [6.07, 6.45) is 6.40. The number of hydrogen-bond donors (Lipinski definition) is 1. The highest BCUT2D eigenvalue weighted by molar-refractivity contribution is 5.70. The number of benzene rings is 2. The molecule has 0 aliphatic heterocycles. The van der Waals surface area contributed by atoms with Crippen LogP contribution in [0.5, 0.6) is 0 Å². The fraction of sp³-hybridized carbons (Fsp3) is 0.267. The summed E-state index contributed by atoms with van der Waals surface area (Å²) in [6, 6.07) is 20.6. The molecule has 2 N–H and O–H groups in total.